The molecule has 4 nitrogen and oxygen atoms in total. The van der Waals surface area contributed by atoms with Gasteiger partial charge < -0.3 is 10.1 Å². The highest BCUT2D eigenvalue weighted by molar-refractivity contribution is 5.98. The van der Waals surface area contributed by atoms with E-state index in [4.69, 9.17) is 4.74 Å². The summed E-state index contributed by atoms with van der Waals surface area (Å²) in [6.45, 7) is 5.68. The number of para-hydroxylation sites is 1. The molecule has 0 aliphatic heterocycles. The lowest BCUT2D eigenvalue weighted by Gasteiger charge is -2.16. The molecular formula is C21H25NO3. The number of carbonyl (C=O) groups is 2. The zero-order chi connectivity index (χ0) is 18.2. The van der Waals surface area contributed by atoms with E-state index in [-0.39, 0.29) is 11.9 Å². The Morgan fingerprint density at radius 1 is 0.960 bits per heavy atom. The third-order valence-electron chi connectivity index (χ3n) is 3.87. The summed E-state index contributed by atoms with van der Waals surface area (Å²) in [6.07, 6.45) is 0.253. The molecule has 4 heteroatoms. The maximum Gasteiger partial charge on any atom is 0.306 e. The number of hydrogen-bond donors (Lipinski definition) is 1. The molecular weight excluding hydrogens is 314 g/mol. The molecule has 1 amide bonds. The molecule has 0 aromatic heterocycles. The lowest BCUT2D eigenvalue weighted by molar-refractivity contribution is -0.153. The molecule has 132 valence electrons. The van der Waals surface area contributed by atoms with Crippen LogP contribution in [-0.2, 0) is 14.3 Å². The maximum absolute atomic E-state index is 12.4. The molecule has 0 saturated carbocycles. The Morgan fingerprint density at radius 3 is 2.28 bits per heavy atom. The van der Waals surface area contributed by atoms with E-state index in [0.717, 1.165) is 17.5 Å². The van der Waals surface area contributed by atoms with E-state index in [1.54, 1.807) is 6.92 Å². The number of benzene rings is 2. The van der Waals surface area contributed by atoms with Crippen molar-refractivity contribution >= 4 is 17.6 Å². The molecule has 0 aliphatic carbocycles. The number of amides is 1. The molecule has 0 saturated heterocycles. The summed E-state index contributed by atoms with van der Waals surface area (Å²) in [4.78, 5) is 24.2. The smallest absolute Gasteiger partial charge is 0.306 e. The molecule has 0 spiro atoms. The van der Waals surface area contributed by atoms with Gasteiger partial charge in [0.25, 0.3) is 5.91 Å². The minimum absolute atomic E-state index is 0.329. The Bertz CT molecular complexity index is 710. The maximum atomic E-state index is 12.4. The fourth-order valence-electron chi connectivity index (χ4n) is 2.41. The van der Waals surface area contributed by atoms with Crippen LogP contribution in [0.1, 0.15) is 33.6 Å². The van der Waals surface area contributed by atoms with Gasteiger partial charge in [-0.2, -0.15) is 0 Å². The normalized spacial score (nSPS) is 11.8. The number of rotatable bonds is 7. The van der Waals surface area contributed by atoms with Crippen LogP contribution in [0.3, 0.4) is 0 Å². The topological polar surface area (TPSA) is 55.4 Å². The Hall–Kier alpha value is -2.62. The van der Waals surface area contributed by atoms with Gasteiger partial charge >= 0.3 is 5.97 Å². The SMILES string of the molecule is CC(C)CCC(=O)O[C@H](C)C(=O)Nc1ccccc1-c1ccccc1. The van der Waals surface area contributed by atoms with Gasteiger partial charge in [-0.25, -0.2) is 0 Å². The quantitative estimate of drug-likeness (QED) is 0.746. The van der Waals surface area contributed by atoms with Crippen molar-refractivity contribution in [3.63, 3.8) is 0 Å². The number of esters is 1. The van der Waals surface area contributed by atoms with Crippen LogP contribution in [0, 0.1) is 5.92 Å². The molecule has 1 N–H and O–H groups in total. The summed E-state index contributed by atoms with van der Waals surface area (Å²) in [5.74, 6) is -0.247. The lowest BCUT2D eigenvalue weighted by atomic mass is 10.0. The van der Waals surface area contributed by atoms with Gasteiger partial charge in [0.1, 0.15) is 0 Å². The highest BCUT2D eigenvalue weighted by atomic mass is 16.5. The molecule has 0 aliphatic rings. The second-order valence-corrected chi connectivity index (χ2v) is 6.47. The number of ether oxygens (including phenoxy) is 1. The minimum Gasteiger partial charge on any atom is -0.453 e. The van der Waals surface area contributed by atoms with Crippen molar-refractivity contribution in [3.8, 4) is 11.1 Å². The van der Waals surface area contributed by atoms with Crippen molar-refractivity contribution < 1.29 is 14.3 Å². The molecule has 0 bridgehead atoms. The van der Waals surface area contributed by atoms with Crippen LogP contribution in [0.15, 0.2) is 54.6 Å². The average Bonchev–Trinajstić information content (AvgIpc) is 2.61. The summed E-state index contributed by atoms with van der Waals surface area (Å²) in [6, 6.07) is 17.4. The molecule has 0 unspecified atom stereocenters. The molecule has 25 heavy (non-hydrogen) atoms. The zero-order valence-corrected chi connectivity index (χ0v) is 15.0. The molecule has 1 atom stereocenters. The second-order valence-electron chi connectivity index (χ2n) is 6.47. The van der Waals surface area contributed by atoms with Gasteiger partial charge in [0.2, 0.25) is 0 Å². The molecule has 2 aromatic carbocycles. The summed E-state index contributed by atoms with van der Waals surface area (Å²) in [5.41, 5.74) is 2.64. The summed E-state index contributed by atoms with van der Waals surface area (Å²) >= 11 is 0. The lowest BCUT2D eigenvalue weighted by Crippen LogP contribution is -2.30. The van der Waals surface area contributed by atoms with Crippen LogP contribution in [0.5, 0.6) is 0 Å². The van der Waals surface area contributed by atoms with Crippen LogP contribution >= 0.6 is 0 Å². The number of nitrogens with one attached hydrogen (secondary N) is 1. The van der Waals surface area contributed by atoms with Crippen LogP contribution in [0.4, 0.5) is 5.69 Å². The van der Waals surface area contributed by atoms with E-state index < -0.39 is 6.10 Å². The number of hydrogen-bond acceptors (Lipinski definition) is 3. The fraction of sp³-hybridized carbons (Fsp3) is 0.333. The first kappa shape index (κ1) is 18.7. The van der Waals surface area contributed by atoms with Crippen molar-refractivity contribution in [2.45, 2.75) is 39.7 Å². The minimum atomic E-state index is -0.830. The van der Waals surface area contributed by atoms with Gasteiger partial charge in [0, 0.05) is 17.7 Å². The first-order valence-electron chi connectivity index (χ1n) is 8.62. The van der Waals surface area contributed by atoms with E-state index in [1.165, 1.54) is 0 Å². The first-order chi connectivity index (χ1) is 12.0. The Kier molecular flexibility index (Phi) is 6.75. The largest absolute Gasteiger partial charge is 0.453 e. The third-order valence-corrected chi connectivity index (χ3v) is 3.87. The summed E-state index contributed by atoms with van der Waals surface area (Å²) in [5, 5.41) is 2.86. The second kappa shape index (κ2) is 9.02. The number of anilines is 1. The van der Waals surface area contributed by atoms with Crippen LogP contribution in [0.2, 0.25) is 0 Å². The summed E-state index contributed by atoms with van der Waals surface area (Å²) < 4.78 is 5.23. The van der Waals surface area contributed by atoms with Gasteiger partial charge in [0.15, 0.2) is 6.10 Å². The number of carbonyl (C=O) groups excluding carboxylic acids is 2. The molecule has 2 aromatic rings. The predicted molar refractivity (Wildman–Crippen MR) is 100 cm³/mol. The Morgan fingerprint density at radius 2 is 1.60 bits per heavy atom. The van der Waals surface area contributed by atoms with Crippen LogP contribution in [-0.4, -0.2) is 18.0 Å². The van der Waals surface area contributed by atoms with Gasteiger partial charge in [-0.1, -0.05) is 62.4 Å². The monoisotopic (exact) mass is 339 g/mol. The van der Waals surface area contributed by atoms with Crippen molar-refractivity contribution in [1.82, 2.24) is 0 Å². The van der Waals surface area contributed by atoms with Gasteiger partial charge in [-0.3, -0.25) is 9.59 Å². The van der Waals surface area contributed by atoms with Gasteiger partial charge in [-0.15, -0.1) is 0 Å². The molecule has 0 fully saturated rings. The van der Waals surface area contributed by atoms with E-state index in [1.807, 2.05) is 68.4 Å². The van der Waals surface area contributed by atoms with Crippen molar-refractivity contribution in [1.29, 1.82) is 0 Å². The zero-order valence-electron chi connectivity index (χ0n) is 15.0. The van der Waals surface area contributed by atoms with Crippen molar-refractivity contribution in [2.24, 2.45) is 5.92 Å². The predicted octanol–water partition coefficient (Wildman–Crippen LogP) is 4.66. The van der Waals surface area contributed by atoms with Crippen LogP contribution in [0.25, 0.3) is 11.1 Å². The van der Waals surface area contributed by atoms with E-state index in [9.17, 15) is 9.59 Å². The van der Waals surface area contributed by atoms with Gasteiger partial charge in [-0.05, 0) is 30.9 Å². The van der Waals surface area contributed by atoms with Crippen LogP contribution < -0.4 is 5.32 Å². The fourth-order valence-corrected chi connectivity index (χ4v) is 2.41. The Balaban J connectivity index is 2.02. The average molecular weight is 339 g/mol. The Labute approximate surface area is 149 Å². The molecule has 0 radical (unpaired) electrons. The third kappa shape index (κ3) is 5.75. The highest BCUT2D eigenvalue weighted by Gasteiger charge is 2.19. The van der Waals surface area contributed by atoms with E-state index >= 15 is 0 Å². The van der Waals surface area contributed by atoms with Crippen molar-refractivity contribution in [2.75, 3.05) is 5.32 Å². The van der Waals surface area contributed by atoms with E-state index in [0.29, 0.717) is 18.0 Å². The van der Waals surface area contributed by atoms with Gasteiger partial charge in [0.05, 0.1) is 0 Å². The summed E-state index contributed by atoms with van der Waals surface area (Å²) in [7, 11) is 0. The highest BCUT2D eigenvalue weighted by Crippen LogP contribution is 2.27. The molecule has 2 rings (SSSR count). The molecule has 0 heterocycles. The van der Waals surface area contributed by atoms with Crippen molar-refractivity contribution in [3.05, 3.63) is 54.6 Å². The first-order valence-corrected chi connectivity index (χ1v) is 8.62. The van der Waals surface area contributed by atoms with E-state index in [2.05, 4.69) is 5.32 Å². The standard InChI is InChI=1S/C21H25NO3/c1-15(2)13-14-20(23)25-16(3)21(24)22-19-12-8-7-11-18(19)17-9-5-4-6-10-17/h4-12,15-16H,13-14H2,1-3H3,(H,22,24)/t16-/m1/s1.